The molecule has 0 aliphatic heterocycles. The number of hydrogen-bond acceptors (Lipinski definition) is 4. The molecule has 1 amide bonds. The van der Waals surface area contributed by atoms with Crippen molar-refractivity contribution in [3.8, 4) is 17.6 Å². The number of nitrogens with one attached hydrogen (secondary N) is 1. The molecule has 0 heterocycles. The number of nitriles is 1. The lowest BCUT2D eigenvalue weighted by Gasteiger charge is -2.13. The molecule has 0 fully saturated rings. The van der Waals surface area contributed by atoms with Crippen molar-refractivity contribution in [2.24, 2.45) is 0 Å². The molecular weight excluding hydrogens is 487 g/mol. The Balaban J connectivity index is 1.79. The Hall–Kier alpha value is -3.63. The van der Waals surface area contributed by atoms with Gasteiger partial charge < -0.3 is 14.8 Å². The number of anilines is 1. The first-order valence-electron chi connectivity index (χ1n) is 10.2. The first kappa shape index (κ1) is 24.0. The van der Waals surface area contributed by atoms with Crippen LogP contribution in [0, 0.1) is 17.1 Å². The Labute approximate surface area is 200 Å². The van der Waals surface area contributed by atoms with Crippen LogP contribution in [0.1, 0.15) is 23.6 Å². The van der Waals surface area contributed by atoms with Gasteiger partial charge in [0.2, 0.25) is 0 Å². The van der Waals surface area contributed by atoms with Gasteiger partial charge in [0.05, 0.1) is 7.11 Å². The van der Waals surface area contributed by atoms with Gasteiger partial charge in [-0.2, -0.15) is 5.26 Å². The minimum Gasteiger partial charge on any atom is -0.493 e. The maximum absolute atomic E-state index is 13.1. The molecule has 1 N–H and O–H groups in total. The van der Waals surface area contributed by atoms with Crippen LogP contribution in [-0.4, -0.2) is 13.0 Å². The maximum Gasteiger partial charge on any atom is 0.266 e. The lowest BCUT2D eigenvalue weighted by Crippen LogP contribution is -2.13. The van der Waals surface area contributed by atoms with Crippen molar-refractivity contribution in [2.75, 3.05) is 12.4 Å². The van der Waals surface area contributed by atoms with E-state index in [0.717, 1.165) is 17.5 Å². The maximum atomic E-state index is 13.1. The van der Waals surface area contributed by atoms with E-state index in [1.165, 1.54) is 25.3 Å². The van der Waals surface area contributed by atoms with Crippen LogP contribution in [0.2, 0.25) is 0 Å². The van der Waals surface area contributed by atoms with E-state index in [9.17, 15) is 14.4 Å². The van der Waals surface area contributed by atoms with Gasteiger partial charge in [-0.15, -0.1) is 0 Å². The topological polar surface area (TPSA) is 71.4 Å². The van der Waals surface area contributed by atoms with Crippen molar-refractivity contribution in [1.29, 1.82) is 5.26 Å². The number of methoxy groups -OCH3 is 1. The number of hydrogen-bond donors (Lipinski definition) is 1. The quantitative estimate of drug-likeness (QED) is 0.287. The summed E-state index contributed by atoms with van der Waals surface area (Å²) in [4.78, 5) is 12.6. The standard InChI is InChI=1S/C26H22BrFN2O3/c1-3-17-6-10-22(11-7-17)30-26(31)20(15-29)12-19-13-24(32-2)25(14-23(19)27)33-16-18-4-8-21(28)9-5-18/h4-14H,3,16H2,1-2H3,(H,30,31)/b20-12+. The third-order valence-electron chi connectivity index (χ3n) is 4.88. The average molecular weight is 509 g/mol. The van der Waals surface area contributed by atoms with Crippen LogP contribution in [0.15, 0.2) is 70.7 Å². The van der Waals surface area contributed by atoms with Gasteiger partial charge in [0.15, 0.2) is 11.5 Å². The summed E-state index contributed by atoms with van der Waals surface area (Å²) in [7, 11) is 1.50. The van der Waals surface area contributed by atoms with Gasteiger partial charge >= 0.3 is 0 Å². The molecule has 0 radical (unpaired) electrons. The number of rotatable bonds is 8. The van der Waals surface area contributed by atoms with Gasteiger partial charge in [0, 0.05) is 10.2 Å². The van der Waals surface area contributed by atoms with Gasteiger partial charge in [-0.1, -0.05) is 47.1 Å². The number of ether oxygens (including phenoxy) is 2. The zero-order valence-corrected chi connectivity index (χ0v) is 19.8. The van der Waals surface area contributed by atoms with E-state index in [2.05, 4.69) is 28.2 Å². The first-order chi connectivity index (χ1) is 15.9. The molecule has 7 heteroatoms. The molecule has 0 aliphatic rings. The Morgan fingerprint density at radius 2 is 1.76 bits per heavy atom. The summed E-state index contributed by atoms with van der Waals surface area (Å²) in [6.07, 6.45) is 2.38. The number of amides is 1. The third kappa shape index (κ3) is 6.43. The largest absolute Gasteiger partial charge is 0.493 e. The van der Waals surface area contributed by atoms with Crippen molar-refractivity contribution in [3.05, 3.63) is 93.2 Å². The lowest BCUT2D eigenvalue weighted by molar-refractivity contribution is -0.112. The SMILES string of the molecule is CCc1ccc(NC(=O)/C(C#N)=C/c2cc(OC)c(OCc3ccc(F)cc3)cc2Br)cc1. The number of carbonyl (C=O) groups is 1. The van der Waals surface area contributed by atoms with Gasteiger partial charge in [-0.05, 0) is 65.6 Å². The molecule has 3 aromatic carbocycles. The predicted octanol–water partition coefficient (Wildman–Crippen LogP) is 6.28. The first-order valence-corrected chi connectivity index (χ1v) is 11.0. The van der Waals surface area contributed by atoms with Crippen molar-refractivity contribution in [3.63, 3.8) is 0 Å². The molecule has 0 spiro atoms. The van der Waals surface area contributed by atoms with Gasteiger partial charge in [0.25, 0.3) is 5.91 Å². The van der Waals surface area contributed by atoms with E-state index in [-0.39, 0.29) is 18.0 Å². The smallest absolute Gasteiger partial charge is 0.266 e. The van der Waals surface area contributed by atoms with Gasteiger partial charge in [-0.25, -0.2) is 4.39 Å². The second kappa shape index (κ2) is 11.3. The van der Waals surface area contributed by atoms with Crippen molar-refractivity contribution in [1.82, 2.24) is 0 Å². The van der Waals surface area contributed by atoms with E-state index in [1.54, 1.807) is 36.4 Å². The molecule has 5 nitrogen and oxygen atoms in total. The fourth-order valence-corrected chi connectivity index (χ4v) is 3.44. The molecular formula is C26H22BrFN2O3. The molecule has 0 saturated heterocycles. The minimum absolute atomic E-state index is 0.0581. The van der Waals surface area contributed by atoms with E-state index in [0.29, 0.717) is 27.2 Å². The number of nitrogens with zero attached hydrogens (tertiary/aromatic N) is 1. The van der Waals surface area contributed by atoms with E-state index in [1.807, 2.05) is 18.2 Å². The highest BCUT2D eigenvalue weighted by Crippen LogP contribution is 2.35. The molecule has 3 rings (SSSR count). The average Bonchev–Trinajstić information content (AvgIpc) is 2.83. The number of halogens is 2. The van der Waals surface area contributed by atoms with Crippen molar-refractivity contribution >= 4 is 33.6 Å². The molecule has 0 saturated carbocycles. The monoisotopic (exact) mass is 508 g/mol. The van der Waals surface area contributed by atoms with Crippen LogP contribution in [0.25, 0.3) is 6.08 Å². The van der Waals surface area contributed by atoms with Crippen LogP contribution in [0.5, 0.6) is 11.5 Å². The van der Waals surface area contributed by atoms with Crippen molar-refractivity contribution in [2.45, 2.75) is 20.0 Å². The normalized spacial score (nSPS) is 10.9. The molecule has 0 aromatic heterocycles. The summed E-state index contributed by atoms with van der Waals surface area (Å²) in [6.45, 7) is 2.27. The second-order valence-corrected chi connectivity index (χ2v) is 7.97. The zero-order valence-electron chi connectivity index (χ0n) is 18.2. The van der Waals surface area contributed by atoms with E-state index in [4.69, 9.17) is 9.47 Å². The highest BCUT2D eigenvalue weighted by Gasteiger charge is 2.14. The predicted molar refractivity (Wildman–Crippen MR) is 129 cm³/mol. The number of aryl methyl sites for hydroxylation is 1. The zero-order chi connectivity index (χ0) is 23.8. The van der Waals surface area contributed by atoms with E-state index < -0.39 is 5.91 Å². The summed E-state index contributed by atoms with van der Waals surface area (Å²) >= 11 is 3.46. The van der Waals surface area contributed by atoms with Crippen LogP contribution in [0.3, 0.4) is 0 Å². The number of benzene rings is 3. The summed E-state index contributed by atoms with van der Waals surface area (Å²) in [5.41, 5.74) is 3.08. The number of carbonyl (C=O) groups excluding carboxylic acids is 1. The van der Waals surface area contributed by atoms with Crippen LogP contribution in [-0.2, 0) is 17.8 Å². The second-order valence-electron chi connectivity index (χ2n) is 7.11. The Kier molecular flexibility index (Phi) is 8.22. The molecule has 0 aliphatic carbocycles. The van der Waals surface area contributed by atoms with Gasteiger partial charge in [0.1, 0.15) is 24.1 Å². The fourth-order valence-electron chi connectivity index (χ4n) is 3.00. The molecule has 0 bridgehead atoms. The molecule has 3 aromatic rings. The van der Waals surface area contributed by atoms with Gasteiger partial charge in [-0.3, -0.25) is 4.79 Å². The highest BCUT2D eigenvalue weighted by molar-refractivity contribution is 9.10. The van der Waals surface area contributed by atoms with Crippen LogP contribution in [0.4, 0.5) is 10.1 Å². The summed E-state index contributed by atoms with van der Waals surface area (Å²) < 4.78 is 24.9. The Morgan fingerprint density at radius 3 is 2.36 bits per heavy atom. The van der Waals surface area contributed by atoms with Crippen molar-refractivity contribution < 1.29 is 18.7 Å². The summed E-state index contributed by atoms with van der Waals surface area (Å²) in [6, 6.07) is 18.8. The Bertz CT molecular complexity index is 1200. The molecule has 0 atom stereocenters. The third-order valence-corrected chi connectivity index (χ3v) is 5.56. The fraction of sp³-hybridized carbons (Fsp3) is 0.154. The highest BCUT2D eigenvalue weighted by atomic mass is 79.9. The van der Waals surface area contributed by atoms with Crippen LogP contribution < -0.4 is 14.8 Å². The lowest BCUT2D eigenvalue weighted by atomic mass is 10.1. The summed E-state index contributed by atoms with van der Waals surface area (Å²) in [5, 5.41) is 12.3. The van der Waals surface area contributed by atoms with Crippen LogP contribution >= 0.6 is 15.9 Å². The van der Waals surface area contributed by atoms with E-state index >= 15 is 0 Å². The molecule has 168 valence electrons. The molecule has 0 unspecified atom stereocenters. The molecule has 33 heavy (non-hydrogen) atoms. The minimum atomic E-state index is -0.510. The summed E-state index contributed by atoms with van der Waals surface area (Å²) in [5.74, 6) is 0.0685. The Morgan fingerprint density at radius 1 is 1.09 bits per heavy atom.